The van der Waals surface area contributed by atoms with Crippen LogP contribution in [0.25, 0.3) is 0 Å². The summed E-state index contributed by atoms with van der Waals surface area (Å²) >= 11 is 7.37. The summed E-state index contributed by atoms with van der Waals surface area (Å²) < 4.78 is 13.0. The van der Waals surface area contributed by atoms with Gasteiger partial charge in [-0.05, 0) is 30.3 Å². The smallest absolute Gasteiger partial charge is 0.124 e. The van der Waals surface area contributed by atoms with E-state index >= 15 is 0 Å². The molecular weight excluding hydrogens is 245 g/mol. The minimum absolute atomic E-state index is 0.302. The van der Waals surface area contributed by atoms with E-state index in [1.807, 2.05) is 18.2 Å². The topological polar surface area (TPSA) is 26.0 Å². The molecule has 0 radical (unpaired) electrons. The third-order valence-corrected chi connectivity index (χ3v) is 3.62. The number of hydrogen-bond donors (Lipinski definition) is 1. The summed E-state index contributed by atoms with van der Waals surface area (Å²) in [6.45, 7) is 0. The van der Waals surface area contributed by atoms with Gasteiger partial charge in [0.25, 0.3) is 0 Å². The number of hydrogen-bond acceptors (Lipinski definition) is 2. The van der Waals surface area contributed by atoms with Crippen molar-refractivity contribution in [1.82, 2.24) is 0 Å². The number of nitrogen functional groups attached to an aromatic ring is 1. The number of halogens is 2. The van der Waals surface area contributed by atoms with Gasteiger partial charge in [-0.2, -0.15) is 0 Å². The SMILES string of the molecule is Nc1ccc(F)cc1Sc1ccccc1Cl. The van der Waals surface area contributed by atoms with Crippen LogP contribution in [0.3, 0.4) is 0 Å². The molecule has 0 aliphatic rings. The first-order valence-electron chi connectivity index (χ1n) is 4.64. The highest BCUT2D eigenvalue weighted by atomic mass is 35.5. The number of nitrogens with two attached hydrogens (primary N) is 1. The van der Waals surface area contributed by atoms with Gasteiger partial charge in [-0.1, -0.05) is 35.5 Å². The quantitative estimate of drug-likeness (QED) is 0.812. The van der Waals surface area contributed by atoms with Crippen LogP contribution in [-0.2, 0) is 0 Å². The molecule has 2 aromatic carbocycles. The van der Waals surface area contributed by atoms with Gasteiger partial charge < -0.3 is 5.73 Å². The molecule has 82 valence electrons. The van der Waals surface area contributed by atoms with Gasteiger partial charge in [0.15, 0.2) is 0 Å². The van der Waals surface area contributed by atoms with Crippen LogP contribution in [0, 0.1) is 5.82 Å². The second-order valence-electron chi connectivity index (χ2n) is 3.21. The van der Waals surface area contributed by atoms with Crippen LogP contribution in [0.15, 0.2) is 52.3 Å². The van der Waals surface area contributed by atoms with Gasteiger partial charge in [0.05, 0.1) is 5.02 Å². The molecule has 2 rings (SSSR count). The summed E-state index contributed by atoms with van der Waals surface area (Å²) in [4.78, 5) is 1.54. The molecule has 4 heteroatoms. The Balaban J connectivity index is 2.34. The van der Waals surface area contributed by atoms with Crippen LogP contribution < -0.4 is 5.73 Å². The Morgan fingerprint density at radius 3 is 2.56 bits per heavy atom. The Morgan fingerprint density at radius 2 is 1.81 bits per heavy atom. The molecular formula is C12H9ClFNS. The zero-order chi connectivity index (χ0) is 11.5. The highest BCUT2D eigenvalue weighted by Crippen LogP contribution is 2.36. The summed E-state index contributed by atoms with van der Waals surface area (Å²) in [6, 6.07) is 11.7. The van der Waals surface area contributed by atoms with Crippen molar-refractivity contribution in [2.24, 2.45) is 0 Å². The van der Waals surface area contributed by atoms with Gasteiger partial charge >= 0.3 is 0 Å². The monoisotopic (exact) mass is 253 g/mol. The Kier molecular flexibility index (Phi) is 3.36. The molecule has 0 amide bonds. The summed E-state index contributed by atoms with van der Waals surface area (Å²) in [5.41, 5.74) is 6.30. The Labute approximate surface area is 102 Å². The molecule has 0 saturated carbocycles. The molecule has 0 aromatic heterocycles. The molecule has 1 nitrogen and oxygen atoms in total. The highest BCUT2D eigenvalue weighted by Gasteiger charge is 2.06. The largest absolute Gasteiger partial charge is 0.398 e. The second kappa shape index (κ2) is 4.76. The molecule has 0 unspecified atom stereocenters. The Bertz CT molecular complexity index is 516. The molecule has 2 aromatic rings. The molecule has 0 spiro atoms. The molecule has 16 heavy (non-hydrogen) atoms. The van der Waals surface area contributed by atoms with Crippen molar-refractivity contribution >= 4 is 29.1 Å². The first-order valence-corrected chi connectivity index (χ1v) is 5.83. The summed E-state index contributed by atoms with van der Waals surface area (Å²) in [7, 11) is 0. The van der Waals surface area contributed by atoms with Crippen molar-refractivity contribution < 1.29 is 4.39 Å². The van der Waals surface area contributed by atoms with E-state index in [0.29, 0.717) is 15.6 Å². The van der Waals surface area contributed by atoms with E-state index in [2.05, 4.69) is 0 Å². The maximum atomic E-state index is 13.0. The fourth-order valence-electron chi connectivity index (χ4n) is 1.24. The second-order valence-corrected chi connectivity index (χ2v) is 4.71. The van der Waals surface area contributed by atoms with Gasteiger partial charge in [-0.3, -0.25) is 0 Å². The highest BCUT2D eigenvalue weighted by molar-refractivity contribution is 7.99. The van der Waals surface area contributed by atoms with Crippen molar-refractivity contribution in [3.63, 3.8) is 0 Å². The van der Waals surface area contributed by atoms with Crippen LogP contribution in [0.4, 0.5) is 10.1 Å². The van der Waals surface area contributed by atoms with Gasteiger partial charge in [0.1, 0.15) is 5.82 Å². The van der Waals surface area contributed by atoms with Crippen molar-refractivity contribution in [2.75, 3.05) is 5.73 Å². The van der Waals surface area contributed by atoms with Crippen LogP contribution in [0.5, 0.6) is 0 Å². The van der Waals surface area contributed by atoms with Gasteiger partial charge in [0.2, 0.25) is 0 Å². The van der Waals surface area contributed by atoms with Crippen LogP contribution in [0.2, 0.25) is 5.02 Å². The van der Waals surface area contributed by atoms with E-state index in [4.69, 9.17) is 17.3 Å². The maximum absolute atomic E-state index is 13.0. The molecule has 0 atom stereocenters. The lowest BCUT2D eigenvalue weighted by Crippen LogP contribution is -1.89. The van der Waals surface area contributed by atoms with Crippen LogP contribution in [-0.4, -0.2) is 0 Å². The molecule has 0 aliphatic heterocycles. The molecule has 0 bridgehead atoms. The lowest BCUT2D eigenvalue weighted by Gasteiger charge is -2.06. The fraction of sp³-hybridized carbons (Fsp3) is 0. The lowest BCUT2D eigenvalue weighted by molar-refractivity contribution is 0.624. The van der Waals surface area contributed by atoms with Crippen molar-refractivity contribution in [3.8, 4) is 0 Å². The maximum Gasteiger partial charge on any atom is 0.124 e. The molecule has 2 N–H and O–H groups in total. The van der Waals surface area contributed by atoms with Gasteiger partial charge in [0, 0.05) is 15.5 Å². The number of benzene rings is 2. The fourth-order valence-corrected chi connectivity index (χ4v) is 2.40. The number of anilines is 1. The predicted octanol–water partition coefficient (Wildman–Crippen LogP) is 4.21. The summed E-state index contributed by atoms with van der Waals surface area (Å²) in [5.74, 6) is -0.302. The minimum Gasteiger partial charge on any atom is -0.398 e. The van der Waals surface area contributed by atoms with Gasteiger partial charge in [-0.25, -0.2) is 4.39 Å². The van der Waals surface area contributed by atoms with Gasteiger partial charge in [-0.15, -0.1) is 0 Å². The van der Waals surface area contributed by atoms with Crippen LogP contribution >= 0.6 is 23.4 Å². The minimum atomic E-state index is -0.302. The average molecular weight is 254 g/mol. The third-order valence-electron chi connectivity index (χ3n) is 2.03. The molecule has 0 fully saturated rings. The number of rotatable bonds is 2. The molecule has 0 saturated heterocycles. The molecule has 0 heterocycles. The van der Waals surface area contributed by atoms with Crippen LogP contribution in [0.1, 0.15) is 0 Å². The van der Waals surface area contributed by atoms with E-state index in [9.17, 15) is 4.39 Å². The van der Waals surface area contributed by atoms with E-state index in [1.54, 1.807) is 12.1 Å². The van der Waals surface area contributed by atoms with E-state index in [1.165, 1.54) is 23.9 Å². The Morgan fingerprint density at radius 1 is 1.06 bits per heavy atom. The zero-order valence-electron chi connectivity index (χ0n) is 8.28. The normalized spacial score (nSPS) is 10.4. The van der Waals surface area contributed by atoms with Crippen molar-refractivity contribution in [3.05, 3.63) is 53.3 Å². The Hall–Kier alpha value is -1.19. The summed E-state index contributed by atoms with van der Waals surface area (Å²) in [6.07, 6.45) is 0. The van der Waals surface area contributed by atoms with Crippen molar-refractivity contribution in [2.45, 2.75) is 9.79 Å². The zero-order valence-corrected chi connectivity index (χ0v) is 9.86. The first-order chi connectivity index (χ1) is 7.66. The standard InChI is InChI=1S/C12H9ClFNS/c13-9-3-1-2-4-11(9)16-12-7-8(14)5-6-10(12)15/h1-7H,15H2. The van der Waals surface area contributed by atoms with E-state index < -0.39 is 0 Å². The third kappa shape index (κ3) is 2.49. The average Bonchev–Trinajstić information content (AvgIpc) is 2.27. The summed E-state index contributed by atoms with van der Waals surface area (Å²) in [5, 5.41) is 0.635. The predicted molar refractivity (Wildman–Crippen MR) is 66.4 cm³/mol. The lowest BCUT2D eigenvalue weighted by atomic mass is 10.3. The van der Waals surface area contributed by atoms with Crippen molar-refractivity contribution in [1.29, 1.82) is 0 Å². The molecule has 0 aliphatic carbocycles. The first kappa shape index (κ1) is 11.3. The van der Waals surface area contributed by atoms with E-state index in [0.717, 1.165) is 4.90 Å². The van der Waals surface area contributed by atoms with E-state index in [-0.39, 0.29) is 5.82 Å².